The molecule has 0 aliphatic carbocycles. The van der Waals surface area contributed by atoms with Gasteiger partial charge in [0.2, 0.25) is 0 Å². The van der Waals surface area contributed by atoms with Crippen LogP contribution in [0.15, 0.2) is 35.7 Å². The minimum Gasteiger partial charge on any atom is -0.507 e. The van der Waals surface area contributed by atoms with Crippen molar-refractivity contribution in [2.75, 3.05) is 11.9 Å². The fourth-order valence-electron chi connectivity index (χ4n) is 1.51. The second-order valence-corrected chi connectivity index (χ2v) is 4.83. The van der Waals surface area contributed by atoms with Crippen LogP contribution in [0.3, 0.4) is 0 Å². The quantitative estimate of drug-likeness (QED) is 0.843. The highest BCUT2D eigenvalue weighted by molar-refractivity contribution is 7.14. The first-order chi connectivity index (χ1) is 10.1. The molecule has 0 bridgehead atoms. The van der Waals surface area contributed by atoms with Gasteiger partial charge in [0.1, 0.15) is 22.4 Å². The van der Waals surface area contributed by atoms with Crippen molar-refractivity contribution in [1.29, 1.82) is 5.26 Å². The van der Waals surface area contributed by atoms with Crippen molar-refractivity contribution in [2.24, 2.45) is 0 Å². The van der Waals surface area contributed by atoms with Gasteiger partial charge in [0.25, 0.3) is 5.91 Å². The number of benzene rings is 1. The van der Waals surface area contributed by atoms with Crippen molar-refractivity contribution in [3.05, 3.63) is 46.8 Å². The third-order valence-corrected chi connectivity index (χ3v) is 3.33. The van der Waals surface area contributed by atoms with Crippen molar-refractivity contribution in [1.82, 2.24) is 0 Å². The number of hydrogen-bond acceptors (Lipinski definition) is 6. The molecular weight excluding hydrogens is 292 g/mol. The Morgan fingerprint density at radius 1 is 1.33 bits per heavy atom. The normalized spacial score (nSPS) is 9.67. The number of para-hydroxylation sites is 1. The molecule has 0 aliphatic rings. The number of carbonyl (C=O) groups is 2. The van der Waals surface area contributed by atoms with Crippen LogP contribution in [0.4, 0.5) is 5.00 Å². The summed E-state index contributed by atoms with van der Waals surface area (Å²) in [6.07, 6.45) is 0. The van der Waals surface area contributed by atoms with Crippen LogP contribution < -0.4 is 5.32 Å². The van der Waals surface area contributed by atoms with E-state index in [0.717, 1.165) is 0 Å². The van der Waals surface area contributed by atoms with Crippen LogP contribution in [-0.2, 0) is 9.53 Å². The molecular formula is C14H10N2O4S. The molecule has 0 radical (unpaired) electrons. The molecule has 1 heterocycles. The van der Waals surface area contributed by atoms with Crippen molar-refractivity contribution in [2.45, 2.75) is 0 Å². The van der Waals surface area contributed by atoms with Gasteiger partial charge in [0.15, 0.2) is 6.61 Å². The summed E-state index contributed by atoms with van der Waals surface area (Å²) in [5, 5.41) is 22.8. The van der Waals surface area contributed by atoms with Gasteiger partial charge >= 0.3 is 5.97 Å². The number of anilines is 1. The SMILES string of the molecule is N#Cc1ccsc1NC(=O)COC(=O)c1ccccc1O. The summed E-state index contributed by atoms with van der Waals surface area (Å²) >= 11 is 1.20. The molecule has 1 aromatic carbocycles. The number of phenolic OH excluding ortho intramolecular Hbond substituents is 1. The first-order valence-corrected chi connectivity index (χ1v) is 6.72. The van der Waals surface area contributed by atoms with Gasteiger partial charge in [0, 0.05) is 0 Å². The lowest BCUT2D eigenvalue weighted by Gasteiger charge is -2.06. The van der Waals surface area contributed by atoms with Crippen LogP contribution in [0.2, 0.25) is 0 Å². The van der Waals surface area contributed by atoms with Gasteiger partial charge in [-0.1, -0.05) is 12.1 Å². The van der Waals surface area contributed by atoms with Crippen molar-refractivity contribution in [3.8, 4) is 11.8 Å². The maximum atomic E-state index is 11.7. The smallest absolute Gasteiger partial charge is 0.342 e. The van der Waals surface area contributed by atoms with E-state index in [9.17, 15) is 14.7 Å². The second-order valence-electron chi connectivity index (χ2n) is 3.92. The minimum atomic E-state index is -0.796. The maximum Gasteiger partial charge on any atom is 0.342 e. The summed E-state index contributed by atoms with van der Waals surface area (Å²) in [5.41, 5.74) is 0.333. The zero-order valence-corrected chi connectivity index (χ0v) is 11.5. The number of hydrogen-bond donors (Lipinski definition) is 2. The third kappa shape index (κ3) is 3.58. The molecule has 0 spiro atoms. The molecule has 2 rings (SSSR count). The van der Waals surface area contributed by atoms with E-state index in [4.69, 9.17) is 10.00 Å². The summed E-state index contributed by atoms with van der Waals surface area (Å²) < 4.78 is 4.80. The van der Waals surface area contributed by atoms with Crippen LogP contribution in [0, 0.1) is 11.3 Å². The average Bonchev–Trinajstić information content (AvgIpc) is 2.92. The van der Waals surface area contributed by atoms with E-state index < -0.39 is 18.5 Å². The molecule has 0 aliphatic heterocycles. The zero-order chi connectivity index (χ0) is 15.2. The van der Waals surface area contributed by atoms with Gasteiger partial charge in [-0.3, -0.25) is 4.79 Å². The van der Waals surface area contributed by atoms with Crippen molar-refractivity contribution >= 4 is 28.2 Å². The first kappa shape index (κ1) is 14.6. The van der Waals surface area contributed by atoms with E-state index in [1.165, 1.54) is 23.5 Å². The average molecular weight is 302 g/mol. The Morgan fingerprint density at radius 2 is 2.10 bits per heavy atom. The fraction of sp³-hybridized carbons (Fsp3) is 0.0714. The predicted octanol–water partition coefficient (Wildman–Crippen LogP) is 2.12. The Hall–Kier alpha value is -2.85. The number of aromatic hydroxyl groups is 1. The fourth-order valence-corrected chi connectivity index (χ4v) is 2.27. The van der Waals surface area contributed by atoms with E-state index >= 15 is 0 Å². The molecule has 0 saturated heterocycles. The molecule has 0 atom stereocenters. The lowest BCUT2D eigenvalue weighted by Crippen LogP contribution is -2.20. The first-order valence-electron chi connectivity index (χ1n) is 5.84. The highest BCUT2D eigenvalue weighted by Gasteiger charge is 2.14. The number of esters is 1. The van der Waals surface area contributed by atoms with Crippen molar-refractivity contribution < 1.29 is 19.4 Å². The van der Waals surface area contributed by atoms with E-state index in [-0.39, 0.29) is 11.3 Å². The largest absolute Gasteiger partial charge is 0.507 e. The Kier molecular flexibility index (Phi) is 4.53. The molecule has 2 aromatic rings. The van der Waals surface area contributed by atoms with Crippen LogP contribution in [-0.4, -0.2) is 23.6 Å². The summed E-state index contributed by atoms with van der Waals surface area (Å²) in [7, 11) is 0. The lowest BCUT2D eigenvalue weighted by molar-refractivity contribution is -0.119. The zero-order valence-electron chi connectivity index (χ0n) is 10.7. The molecule has 0 saturated carbocycles. The molecule has 1 aromatic heterocycles. The van der Waals surface area contributed by atoms with Crippen LogP contribution >= 0.6 is 11.3 Å². The Morgan fingerprint density at radius 3 is 2.81 bits per heavy atom. The van der Waals surface area contributed by atoms with Gasteiger partial charge in [0.05, 0.1) is 5.56 Å². The standard InChI is InChI=1S/C14H10N2O4S/c15-7-9-5-6-21-13(9)16-12(18)8-20-14(19)10-3-1-2-4-11(10)17/h1-6,17H,8H2,(H,16,18). The molecule has 106 valence electrons. The Balaban J connectivity index is 1.92. The van der Waals surface area contributed by atoms with E-state index in [2.05, 4.69) is 5.32 Å². The number of amides is 1. The van der Waals surface area contributed by atoms with E-state index in [0.29, 0.717) is 10.6 Å². The number of phenols is 1. The predicted molar refractivity (Wildman–Crippen MR) is 76.1 cm³/mol. The lowest BCUT2D eigenvalue weighted by atomic mass is 10.2. The Bertz CT molecular complexity index is 718. The number of thiophene rings is 1. The molecule has 6 nitrogen and oxygen atoms in total. The van der Waals surface area contributed by atoms with Gasteiger partial charge in [-0.2, -0.15) is 5.26 Å². The number of rotatable bonds is 4. The summed E-state index contributed by atoms with van der Waals surface area (Å²) in [4.78, 5) is 23.3. The highest BCUT2D eigenvalue weighted by Crippen LogP contribution is 2.22. The summed E-state index contributed by atoms with van der Waals surface area (Å²) in [5.74, 6) is -1.57. The highest BCUT2D eigenvalue weighted by atomic mass is 32.1. The van der Waals surface area contributed by atoms with Gasteiger partial charge in [-0.25, -0.2) is 4.79 Å². The van der Waals surface area contributed by atoms with Gasteiger partial charge < -0.3 is 15.2 Å². The topological polar surface area (TPSA) is 99.4 Å². The molecule has 0 fully saturated rings. The summed E-state index contributed by atoms with van der Waals surface area (Å²) in [6, 6.07) is 9.39. The number of carbonyl (C=O) groups excluding carboxylic acids is 2. The molecule has 21 heavy (non-hydrogen) atoms. The maximum absolute atomic E-state index is 11.7. The second kappa shape index (κ2) is 6.54. The molecule has 0 unspecified atom stereocenters. The summed E-state index contributed by atoms with van der Waals surface area (Å²) in [6.45, 7) is -0.504. The third-order valence-electron chi connectivity index (χ3n) is 2.50. The number of nitrogens with zero attached hydrogens (tertiary/aromatic N) is 1. The van der Waals surface area contributed by atoms with E-state index in [1.807, 2.05) is 6.07 Å². The van der Waals surface area contributed by atoms with Crippen molar-refractivity contribution in [3.63, 3.8) is 0 Å². The molecule has 1 amide bonds. The van der Waals surface area contributed by atoms with Crippen LogP contribution in [0.25, 0.3) is 0 Å². The van der Waals surface area contributed by atoms with Gasteiger partial charge in [-0.05, 0) is 23.6 Å². The number of nitrogens with one attached hydrogen (secondary N) is 1. The monoisotopic (exact) mass is 302 g/mol. The van der Waals surface area contributed by atoms with Crippen LogP contribution in [0.5, 0.6) is 5.75 Å². The molecule has 2 N–H and O–H groups in total. The Labute approximate surface area is 124 Å². The van der Waals surface area contributed by atoms with E-state index in [1.54, 1.807) is 23.6 Å². The molecule has 7 heteroatoms. The number of nitriles is 1. The number of ether oxygens (including phenoxy) is 1. The van der Waals surface area contributed by atoms with Crippen LogP contribution in [0.1, 0.15) is 15.9 Å². The minimum absolute atomic E-state index is 0.0147. The van der Waals surface area contributed by atoms with Gasteiger partial charge in [-0.15, -0.1) is 11.3 Å².